The van der Waals surface area contributed by atoms with Gasteiger partial charge in [-0.25, -0.2) is 0 Å². The van der Waals surface area contributed by atoms with Crippen LogP contribution in [0.15, 0.2) is 11.8 Å². The van der Waals surface area contributed by atoms with Crippen molar-refractivity contribution >= 4 is 23.1 Å². The summed E-state index contributed by atoms with van der Waals surface area (Å²) in [6, 6.07) is 0. The van der Waals surface area contributed by atoms with Crippen LogP contribution in [0.25, 0.3) is 0 Å². The van der Waals surface area contributed by atoms with Gasteiger partial charge in [-0.2, -0.15) is 0 Å². The number of hydrogen-bond donors (Lipinski definition) is 4. The maximum absolute atomic E-state index is 13.1. The summed E-state index contributed by atoms with van der Waals surface area (Å²) in [5.74, 6) is -6.05. The van der Waals surface area contributed by atoms with Crippen LogP contribution in [-0.2, 0) is 19.8 Å². The van der Waals surface area contributed by atoms with E-state index < -0.39 is 59.1 Å². The van der Waals surface area contributed by atoms with Gasteiger partial charge in [0.25, 0.3) is 0 Å². The fraction of sp³-hybridized carbons (Fsp3) is 0.333. The van der Waals surface area contributed by atoms with Crippen LogP contribution in [0, 0.1) is 12.8 Å². The number of hydrogen-bond acceptors (Lipinski definition) is 9. The Morgan fingerprint density at radius 2 is 1.81 bits per heavy atom. The van der Waals surface area contributed by atoms with Gasteiger partial charge in [-0.3, -0.25) is 19.2 Å². The Kier molecular flexibility index (Phi) is 4.16. The first kappa shape index (κ1) is 18.7. The molecule has 2 aliphatic rings. The van der Waals surface area contributed by atoms with Crippen molar-refractivity contribution in [2.24, 2.45) is 17.4 Å². The number of ether oxygens (including phenoxy) is 1. The van der Waals surface area contributed by atoms with E-state index in [9.17, 15) is 29.4 Å². The van der Waals surface area contributed by atoms with E-state index >= 15 is 0 Å². The van der Waals surface area contributed by atoms with Gasteiger partial charge in [0.1, 0.15) is 39.9 Å². The van der Waals surface area contributed by atoms with Crippen molar-refractivity contribution in [2.45, 2.75) is 19.3 Å². The first-order valence-corrected chi connectivity index (χ1v) is 8.14. The number of Topliss-reactive ketones (excluding diaryl/α,β-unsaturated/α-hetero) is 3. The number of rotatable bonds is 4. The van der Waals surface area contributed by atoms with Crippen LogP contribution < -0.4 is 16.2 Å². The Bertz CT molecular complexity index is 963. The van der Waals surface area contributed by atoms with E-state index in [0.717, 1.165) is 6.08 Å². The van der Waals surface area contributed by atoms with Gasteiger partial charge in [-0.1, -0.05) is 0 Å². The van der Waals surface area contributed by atoms with Gasteiger partial charge in [-0.05, 0) is 13.8 Å². The van der Waals surface area contributed by atoms with Gasteiger partial charge in [0.15, 0.2) is 23.1 Å². The van der Waals surface area contributed by atoms with Crippen LogP contribution in [0.4, 0.5) is 0 Å². The molecule has 0 spiro atoms. The Morgan fingerprint density at radius 1 is 1.19 bits per heavy atom. The summed E-state index contributed by atoms with van der Waals surface area (Å²) in [5, 5.41) is 20.9. The molecule has 9 heteroatoms. The highest BCUT2D eigenvalue weighted by Crippen LogP contribution is 2.57. The van der Waals surface area contributed by atoms with Crippen LogP contribution in [0.2, 0.25) is 0 Å². The van der Waals surface area contributed by atoms with E-state index in [2.05, 4.69) is 0 Å². The summed E-state index contributed by atoms with van der Waals surface area (Å²) >= 11 is 0. The normalized spacial score (nSPS) is 23.4. The molecule has 27 heavy (non-hydrogen) atoms. The van der Waals surface area contributed by atoms with E-state index in [0.29, 0.717) is 0 Å². The van der Waals surface area contributed by atoms with Crippen molar-refractivity contribution in [3.63, 3.8) is 0 Å². The first-order valence-electron chi connectivity index (χ1n) is 8.14. The molecule has 142 valence electrons. The number of ketones is 4. The van der Waals surface area contributed by atoms with Gasteiger partial charge in [0.2, 0.25) is 0 Å². The fourth-order valence-electron chi connectivity index (χ4n) is 3.56. The predicted molar refractivity (Wildman–Crippen MR) is 91.5 cm³/mol. The third-order valence-corrected chi connectivity index (χ3v) is 5.14. The standard InChI is InChI=1S/C18H18N2O7/c1-6-14(24)12(9(23)5-20)16-13(15(6)25)18(2)10(27-16)3-7(21)11(17(18)26)8(22)4-19/h3,11,24-25H,4-5,19-20H2,1-2H3. The molecular formula is C18H18N2O7. The number of phenolic OH excluding ortho intramolecular Hbond substituents is 2. The van der Waals surface area contributed by atoms with E-state index in [1.54, 1.807) is 0 Å². The minimum absolute atomic E-state index is 0.0528. The predicted octanol–water partition coefficient (Wildman–Crippen LogP) is -0.623. The molecule has 1 heterocycles. The minimum atomic E-state index is -1.69. The summed E-state index contributed by atoms with van der Waals surface area (Å²) in [6.07, 6.45) is 0.988. The van der Waals surface area contributed by atoms with Crippen LogP contribution in [0.3, 0.4) is 0 Å². The third-order valence-electron chi connectivity index (χ3n) is 5.14. The number of phenols is 2. The third kappa shape index (κ3) is 2.25. The summed E-state index contributed by atoms with van der Waals surface area (Å²) in [4.78, 5) is 49.7. The molecule has 0 bridgehead atoms. The zero-order chi connectivity index (χ0) is 20.3. The topological polar surface area (TPSA) is 170 Å². The maximum atomic E-state index is 13.1. The Morgan fingerprint density at radius 3 is 2.37 bits per heavy atom. The lowest BCUT2D eigenvalue weighted by molar-refractivity contribution is -0.140. The van der Waals surface area contributed by atoms with E-state index in [4.69, 9.17) is 16.2 Å². The Hall–Kier alpha value is -3.04. The molecule has 0 saturated carbocycles. The van der Waals surface area contributed by atoms with E-state index in [-0.39, 0.29) is 28.2 Å². The Balaban J connectivity index is 2.36. The average molecular weight is 374 g/mol. The van der Waals surface area contributed by atoms with Crippen molar-refractivity contribution in [1.82, 2.24) is 0 Å². The summed E-state index contributed by atoms with van der Waals surface area (Å²) in [7, 11) is 0. The highest BCUT2D eigenvalue weighted by molar-refractivity contribution is 6.28. The molecule has 0 amide bonds. The van der Waals surface area contributed by atoms with Crippen LogP contribution in [0.5, 0.6) is 17.2 Å². The second-order valence-corrected chi connectivity index (χ2v) is 6.63. The van der Waals surface area contributed by atoms with Gasteiger partial charge in [0.05, 0.1) is 18.7 Å². The van der Waals surface area contributed by atoms with E-state index in [1.165, 1.54) is 13.8 Å². The van der Waals surface area contributed by atoms with Crippen molar-refractivity contribution in [2.75, 3.05) is 13.1 Å². The van der Waals surface area contributed by atoms with Crippen molar-refractivity contribution in [1.29, 1.82) is 0 Å². The van der Waals surface area contributed by atoms with E-state index in [1.807, 2.05) is 0 Å². The summed E-state index contributed by atoms with van der Waals surface area (Å²) in [6.45, 7) is 1.77. The van der Waals surface area contributed by atoms with Gasteiger partial charge >= 0.3 is 0 Å². The highest BCUT2D eigenvalue weighted by Gasteiger charge is 2.58. The molecule has 0 fully saturated rings. The number of carbonyl (C=O) groups is 4. The van der Waals surface area contributed by atoms with Crippen molar-refractivity contribution < 1.29 is 34.1 Å². The zero-order valence-corrected chi connectivity index (χ0v) is 14.7. The Labute approximate surface area is 153 Å². The molecule has 1 aliphatic heterocycles. The number of nitrogens with two attached hydrogens (primary N) is 2. The minimum Gasteiger partial charge on any atom is -0.507 e. The second kappa shape index (κ2) is 6.00. The smallest absolute Gasteiger partial charge is 0.183 e. The molecule has 9 nitrogen and oxygen atoms in total. The summed E-state index contributed by atoms with van der Waals surface area (Å²) in [5.41, 5.74) is 8.58. The van der Waals surface area contributed by atoms with Crippen molar-refractivity contribution in [3.8, 4) is 17.2 Å². The fourth-order valence-corrected chi connectivity index (χ4v) is 3.56. The molecule has 1 aliphatic carbocycles. The molecule has 0 aromatic heterocycles. The number of carbonyl (C=O) groups excluding carboxylic acids is 4. The monoisotopic (exact) mass is 374 g/mol. The average Bonchev–Trinajstić information content (AvgIpc) is 2.93. The zero-order valence-electron chi connectivity index (χ0n) is 14.7. The molecule has 2 unspecified atom stereocenters. The lowest BCUT2D eigenvalue weighted by Gasteiger charge is -2.30. The number of fused-ring (bicyclic) bond motifs is 3. The van der Waals surface area contributed by atoms with Crippen LogP contribution >= 0.6 is 0 Å². The van der Waals surface area contributed by atoms with Gasteiger partial charge < -0.3 is 26.4 Å². The van der Waals surface area contributed by atoms with Crippen LogP contribution in [-0.4, -0.2) is 46.4 Å². The molecule has 0 saturated heterocycles. The lowest BCUT2D eigenvalue weighted by atomic mass is 9.67. The molecular weight excluding hydrogens is 356 g/mol. The summed E-state index contributed by atoms with van der Waals surface area (Å²) < 4.78 is 5.57. The van der Waals surface area contributed by atoms with Crippen LogP contribution in [0.1, 0.15) is 28.4 Å². The molecule has 6 N–H and O–H groups in total. The van der Waals surface area contributed by atoms with Crippen molar-refractivity contribution in [3.05, 3.63) is 28.5 Å². The maximum Gasteiger partial charge on any atom is 0.183 e. The second-order valence-electron chi connectivity index (χ2n) is 6.63. The molecule has 0 radical (unpaired) electrons. The largest absolute Gasteiger partial charge is 0.507 e. The highest BCUT2D eigenvalue weighted by atomic mass is 16.5. The molecule has 2 atom stereocenters. The number of benzene rings is 1. The molecule has 3 rings (SSSR count). The first-order chi connectivity index (χ1) is 12.6. The molecule has 1 aromatic carbocycles. The molecule has 1 aromatic rings. The number of allylic oxidation sites excluding steroid dienone is 2. The quantitative estimate of drug-likeness (QED) is 0.396. The van der Waals surface area contributed by atoms with Gasteiger partial charge in [0, 0.05) is 11.6 Å². The van der Waals surface area contributed by atoms with Gasteiger partial charge in [-0.15, -0.1) is 0 Å². The SMILES string of the molecule is Cc1c(O)c(C(=O)CN)c2c(c1O)C1(C)C(=O)C(C(=O)CN)C(=O)C=C1O2. The number of aromatic hydroxyl groups is 2. The lowest BCUT2D eigenvalue weighted by Crippen LogP contribution is -2.49.